The van der Waals surface area contributed by atoms with E-state index in [4.69, 9.17) is 14.2 Å². The molecule has 1 aliphatic heterocycles. The summed E-state index contributed by atoms with van der Waals surface area (Å²) in [5.74, 6) is 1.84. The predicted octanol–water partition coefficient (Wildman–Crippen LogP) is 4.08. The van der Waals surface area contributed by atoms with E-state index in [0.29, 0.717) is 36.8 Å². The molecule has 2 fully saturated rings. The number of nitrogens with one attached hydrogen (secondary N) is 1. The molecule has 1 saturated carbocycles. The molecule has 7 nitrogen and oxygen atoms in total. The quantitative estimate of drug-likeness (QED) is 0.483. The van der Waals surface area contributed by atoms with Crippen LogP contribution in [-0.4, -0.2) is 62.5 Å². The maximum atomic E-state index is 12.8. The van der Waals surface area contributed by atoms with Gasteiger partial charge in [-0.25, -0.2) is 0 Å². The molecular weight excluding hydrogens is 420 g/mol. The highest BCUT2D eigenvalue weighted by Crippen LogP contribution is 2.51. The molecule has 1 aromatic rings. The molecule has 1 saturated heterocycles. The highest BCUT2D eigenvalue weighted by Gasteiger charge is 2.49. The van der Waals surface area contributed by atoms with Crippen molar-refractivity contribution in [2.75, 3.05) is 41.0 Å². The number of hydrogen-bond acceptors (Lipinski definition) is 6. The van der Waals surface area contributed by atoms with Crippen LogP contribution in [0.5, 0.6) is 17.2 Å². The van der Waals surface area contributed by atoms with Gasteiger partial charge in [-0.1, -0.05) is 39.0 Å². The number of piperidine rings is 1. The van der Waals surface area contributed by atoms with Gasteiger partial charge in [0.15, 0.2) is 11.5 Å². The van der Waals surface area contributed by atoms with Gasteiger partial charge >= 0.3 is 0 Å². The fourth-order valence-corrected chi connectivity index (χ4v) is 5.65. The molecule has 0 aromatic heterocycles. The van der Waals surface area contributed by atoms with E-state index >= 15 is 0 Å². The Morgan fingerprint density at radius 1 is 1.09 bits per heavy atom. The Hall–Kier alpha value is -1.99. The topological polar surface area (TPSA) is 80.3 Å². The van der Waals surface area contributed by atoms with Crippen molar-refractivity contribution in [3.05, 3.63) is 17.7 Å². The third-order valence-corrected chi connectivity index (χ3v) is 7.40. The fraction of sp³-hybridized carbons (Fsp3) is 0.731. The summed E-state index contributed by atoms with van der Waals surface area (Å²) in [5, 5.41) is 14.6. The lowest BCUT2D eigenvalue weighted by Gasteiger charge is -2.52. The summed E-state index contributed by atoms with van der Waals surface area (Å²) < 4.78 is 16.7. The Morgan fingerprint density at radius 2 is 1.82 bits per heavy atom. The maximum Gasteiger partial charge on any atom is 0.234 e. The van der Waals surface area contributed by atoms with Gasteiger partial charge in [-0.05, 0) is 43.4 Å². The molecule has 1 aromatic carbocycles. The first-order valence-electron chi connectivity index (χ1n) is 12.5. The van der Waals surface area contributed by atoms with Crippen LogP contribution < -0.4 is 19.5 Å². The zero-order valence-corrected chi connectivity index (χ0v) is 20.8. The van der Waals surface area contributed by atoms with Crippen molar-refractivity contribution in [3.8, 4) is 17.2 Å². The summed E-state index contributed by atoms with van der Waals surface area (Å²) in [5.41, 5.74) is 0.293. The molecule has 186 valence electrons. The first kappa shape index (κ1) is 25.6. The molecule has 1 amide bonds. The van der Waals surface area contributed by atoms with Gasteiger partial charge in [-0.15, -0.1) is 0 Å². The van der Waals surface area contributed by atoms with Gasteiger partial charge in [-0.3, -0.25) is 9.69 Å². The largest absolute Gasteiger partial charge is 0.493 e. The van der Waals surface area contributed by atoms with Crippen LogP contribution in [-0.2, 0) is 4.79 Å². The Morgan fingerprint density at radius 3 is 2.45 bits per heavy atom. The second-order valence-corrected chi connectivity index (χ2v) is 9.49. The van der Waals surface area contributed by atoms with Crippen LogP contribution in [0.3, 0.4) is 0 Å². The second-order valence-electron chi connectivity index (χ2n) is 9.49. The number of unbranched alkanes of at least 4 members (excludes halogenated alkanes) is 3. The standard InChI is InChI=1S/C26H42N2O5/c1-5-6-7-10-14-27-23(29)18-28-15-13-26(30)12-9-8-11-20(26)24(28)19-16-21(31-2)25(33-4)22(17-19)32-3/h16-17,20,24,30H,5-15,18H2,1-4H3,(H,27,29)/t20-,24+,26-/m1/s1. The molecule has 0 radical (unpaired) electrons. The number of methoxy groups -OCH3 is 3. The summed E-state index contributed by atoms with van der Waals surface area (Å²) in [6.45, 7) is 3.90. The van der Waals surface area contributed by atoms with E-state index in [1.54, 1.807) is 21.3 Å². The lowest BCUT2D eigenvalue weighted by atomic mass is 9.66. The summed E-state index contributed by atoms with van der Waals surface area (Å²) in [4.78, 5) is 15.1. The molecule has 1 heterocycles. The van der Waals surface area contributed by atoms with Crippen LogP contribution in [0.1, 0.15) is 76.3 Å². The van der Waals surface area contributed by atoms with Crippen molar-refractivity contribution < 1.29 is 24.1 Å². The fourth-order valence-electron chi connectivity index (χ4n) is 5.65. The van der Waals surface area contributed by atoms with Crippen molar-refractivity contribution in [1.29, 1.82) is 0 Å². The minimum absolute atomic E-state index is 0.0465. The molecule has 0 unspecified atom stereocenters. The molecule has 7 heteroatoms. The molecule has 2 aliphatic rings. The normalized spacial score (nSPS) is 25.2. The van der Waals surface area contributed by atoms with Crippen LogP contribution >= 0.6 is 0 Å². The number of carbonyl (C=O) groups excluding carboxylic acids is 1. The molecule has 1 aliphatic carbocycles. The van der Waals surface area contributed by atoms with Crippen LogP contribution in [0.4, 0.5) is 0 Å². The highest BCUT2D eigenvalue weighted by atomic mass is 16.5. The van der Waals surface area contributed by atoms with Gasteiger partial charge < -0.3 is 24.6 Å². The number of ether oxygens (including phenoxy) is 3. The van der Waals surface area contributed by atoms with Crippen molar-refractivity contribution >= 4 is 5.91 Å². The second kappa shape index (κ2) is 11.9. The lowest BCUT2D eigenvalue weighted by molar-refractivity contribution is -0.137. The van der Waals surface area contributed by atoms with Crippen LogP contribution in [0.2, 0.25) is 0 Å². The number of aliphatic hydroxyl groups is 1. The summed E-state index contributed by atoms with van der Waals surface area (Å²) in [7, 11) is 4.82. The number of hydrogen-bond donors (Lipinski definition) is 2. The van der Waals surface area contributed by atoms with Gasteiger partial charge in [0.2, 0.25) is 11.7 Å². The van der Waals surface area contributed by atoms with Gasteiger partial charge in [0.1, 0.15) is 0 Å². The van der Waals surface area contributed by atoms with Gasteiger partial charge in [0.25, 0.3) is 0 Å². The maximum absolute atomic E-state index is 12.8. The SMILES string of the molecule is CCCCCCNC(=O)CN1CC[C@]2(O)CCCC[C@@H]2[C@@H]1c1cc(OC)c(OC)c(OC)c1. The molecule has 2 N–H and O–H groups in total. The predicted molar refractivity (Wildman–Crippen MR) is 129 cm³/mol. The van der Waals surface area contributed by atoms with Gasteiger partial charge in [-0.2, -0.15) is 0 Å². The smallest absolute Gasteiger partial charge is 0.234 e. The monoisotopic (exact) mass is 462 g/mol. The molecule has 0 bridgehead atoms. The van der Waals surface area contributed by atoms with Crippen molar-refractivity contribution in [1.82, 2.24) is 10.2 Å². The van der Waals surface area contributed by atoms with Crippen molar-refractivity contribution in [3.63, 3.8) is 0 Å². The Kier molecular flexibility index (Phi) is 9.27. The zero-order chi connectivity index (χ0) is 23.8. The first-order chi connectivity index (χ1) is 16.0. The minimum Gasteiger partial charge on any atom is -0.493 e. The van der Waals surface area contributed by atoms with E-state index in [1.165, 1.54) is 12.8 Å². The number of benzene rings is 1. The van der Waals surface area contributed by atoms with E-state index in [2.05, 4.69) is 17.1 Å². The van der Waals surface area contributed by atoms with Gasteiger partial charge in [0, 0.05) is 25.0 Å². The van der Waals surface area contributed by atoms with E-state index in [1.807, 2.05) is 12.1 Å². The minimum atomic E-state index is -0.698. The number of likely N-dealkylation sites (tertiary alicyclic amines) is 1. The third-order valence-electron chi connectivity index (χ3n) is 7.40. The lowest BCUT2D eigenvalue weighted by Crippen LogP contribution is -2.56. The summed E-state index contributed by atoms with van der Waals surface area (Å²) >= 11 is 0. The first-order valence-corrected chi connectivity index (χ1v) is 12.5. The van der Waals surface area contributed by atoms with E-state index in [-0.39, 0.29) is 17.9 Å². The molecule has 33 heavy (non-hydrogen) atoms. The van der Waals surface area contributed by atoms with Crippen LogP contribution in [0.25, 0.3) is 0 Å². The summed E-state index contributed by atoms with van der Waals surface area (Å²) in [6.07, 6.45) is 9.12. The molecule has 0 spiro atoms. The van der Waals surface area contributed by atoms with Crippen molar-refractivity contribution in [2.24, 2.45) is 5.92 Å². The number of nitrogens with zero attached hydrogens (tertiary/aromatic N) is 1. The molecular formula is C26H42N2O5. The number of carbonyl (C=O) groups is 1. The zero-order valence-electron chi connectivity index (χ0n) is 20.8. The average Bonchev–Trinajstić information content (AvgIpc) is 2.82. The van der Waals surface area contributed by atoms with Crippen molar-refractivity contribution in [2.45, 2.75) is 76.4 Å². The van der Waals surface area contributed by atoms with Crippen LogP contribution in [0, 0.1) is 5.92 Å². The van der Waals surface area contributed by atoms with E-state index < -0.39 is 5.60 Å². The van der Waals surface area contributed by atoms with E-state index in [9.17, 15) is 9.90 Å². The number of amides is 1. The van der Waals surface area contributed by atoms with Crippen LogP contribution in [0.15, 0.2) is 12.1 Å². The molecule has 3 rings (SSSR count). The molecule has 3 atom stereocenters. The Balaban J connectivity index is 1.86. The Labute approximate surface area is 198 Å². The number of rotatable bonds is 11. The average molecular weight is 463 g/mol. The number of fused-ring (bicyclic) bond motifs is 1. The third kappa shape index (κ3) is 5.93. The van der Waals surface area contributed by atoms with Gasteiger partial charge in [0.05, 0.1) is 33.5 Å². The Bertz CT molecular complexity index is 761. The summed E-state index contributed by atoms with van der Waals surface area (Å²) in [6, 6.07) is 3.85. The highest BCUT2D eigenvalue weighted by molar-refractivity contribution is 5.78. The van der Waals surface area contributed by atoms with E-state index in [0.717, 1.165) is 50.6 Å².